The van der Waals surface area contributed by atoms with Gasteiger partial charge in [-0.05, 0) is 27.2 Å². The largest absolute Gasteiger partial charge is 0.393 e. The molecule has 0 bridgehead atoms. The molecule has 0 aliphatic heterocycles. The summed E-state index contributed by atoms with van der Waals surface area (Å²) in [7, 11) is 0. The summed E-state index contributed by atoms with van der Waals surface area (Å²) in [5.74, 6) is -0.0000529. The van der Waals surface area contributed by atoms with Crippen LogP contribution in [0.1, 0.15) is 27.2 Å². The molecule has 0 saturated heterocycles. The Morgan fingerprint density at radius 1 is 1.46 bits per heavy atom. The lowest BCUT2D eigenvalue weighted by atomic mass is 10.1. The van der Waals surface area contributed by atoms with Crippen LogP contribution in [0.5, 0.6) is 0 Å². The molecule has 0 radical (unpaired) electrons. The molecular weight excluding hydrogens is 168 g/mol. The number of rotatable bonds is 6. The minimum absolute atomic E-state index is 0.0000529. The molecule has 4 heteroatoms. The Bertz CT molecular complexity index is 149. The molecule has 0 aliphatic rings. The van der Waals surface area contributed by atoms with Crippen LogP contribution in [0, 0.1) is 0 Å². The number of likely N-dealkylation sites (N-methyl/N-ethyl adjacent to an activating group) is 1. The third kappa shape index (κ3) is 7.74. The highest BCUT2D eigenvalue weighted by atomic mass is 16.3. The normalized spacial score (nSPS) is 15.1. The van der Waals surface area contributed by atoms with Crippen molar-refractivity contribution < 1.29 is 9.90 Å². The van der Waals surface area contributed by atoms with E-state index >= 15 is 0 Å². The van der Waals surface area contributed by atoms with Gasteiger partial charge >= 0.3 is 0 Å². The van der Waals surface area contributed by atoms with Crippen molar-refractivity contribution in [2.24, 2.45) is 0 Å². The molecule has 0 aliphatic carbocycles. The zero-order valence-electron chi connectivity index (χ0n) is 8.63. The average Bonchev–Trinajstić information content (AvgIpc) is 2.00. The lowest BCUT2D eigenvalue weighted by Crippen LogP contribution is -2.38. The SMILES string of the molecule is CCNC(=O)CNC(C)CC(C)O. The van der Waals surface area contributed by atoms with Gasteiger partial charge in [-0.15, -0.1) is 0 Å². The molecule has 2 atom stereocenters. The molecule has 3 N–H and O–H groups in total. The fourth-order valence-electron chi connectivity index (χ4n) is 1.12. The Hall–Kier alpha value is -0.610. The van der Waals surface area contributed by atoms with Crippen LogP contribution in [0.2, 0.25) is 0 Å². The van der Waals surface area contributed by atoms with Crippen molar-refractivity contribution >= 4 is 5.91 Å². The maximum absolute atomic E-state index is 11.0. The van der Waals surface area contributed by atoms with Crippen molar-refractivity contribution in [2.75, 3.05) is 13.1 Å². The summed E-state index contributed by atoms with van der Waals surface area (Å²) in [5, 5.41) is 14.8. The van der Waals surface area contributed by atoms with E-state index in [1.165, 1.54) is 0 Å². The molecule has 78 valence electrons. The molecule has 0 heterocycles. The summed E-state index contributed by atoms with van der Waals surface area (Å²) in [6.45, 7) is 6.56. The maximum Gasteiger partial charge on any atom is 0.233 e. The van der Waals surface area contributed by atoms with Crippen LogP contribution in [0.25, 0.3) is 0 Å². The first kappa shape index (κ1) is 12.4. The highest BCUT2D eigenvalue weighted by Gasteiger charge is 2.06. The average molecular weight is 188 g/mol. The second-order valence-corrected chi connectivity index (χ2v) is 3.32. The van der Waals surface area contributed by atoms with Crippen molar-refractivity contribution in [2.45, 2.75) is 39.3 Å². The zero-order chi connectivity index (χ0) is 10.3. The third-order valence-corrected chi connectivity index (χ3v) is 1.68. The van der Waals surface area contributed by atoms with E-state index in [9.17, 15) is 4.79 Å². The van der Waals surface area contributed by atoms with Crippen molar-refractivity contribution in [1.82, 2.24) is 10.6 Å². The van der Waals surface area contributed by atoms with Gasteiger partial charge in [-0.3, -0.25) is 4.79 Å². The van der Waals surface area contributed by atoms with Crippen LogP contribution in [-0.4, -0.2) is 36.2 Å². The Kier molecular flexibility index (Phi) is 6.54. The Morgan fingerprint density at radius 2 is 2.08 bits per heavy atom. The third-order valence-electron chi connectivity index (χ3n) is 1.68. The van der Waals surface area contributed by atoms with Crippen LogP contribution >= 0.6 is 0 Å². The van der Waals surface area contributed by atoms with Gasteiger partial charge in [0, 0.05) is 12.6 Å². The number of carbonyl (C=O) groups excluding carboxylic acids is 1. The molecule has 0 rings (SSSR count). The van der Waals surface area contributed by atoms with E-state index in [-0.39, 0.29) is 18.1 Å². The van der Waals surface area contributed by atoms with Crippen LogP contribution in [0.15, 0.2) is 0 Å². The van der Waals surface area contributed by atoms with E-state index < -0.39 is 0 Å². The topological polar surface area (TPSA) is 61.4 Å². The molecule has 4 nitrogen and oxygen atoms in total. The molecule has 1 amide bonds. The highest BCUT2D eigenvalue weighted by Crippen LogP contribution is 1.95. The van der Waals surface area contributed by atoms with E-state index in [0.717, 1.165) is 0 Å². The molecule has 0 aromatic rings. The minimum atomic E-state index is -0.322. The first-order valence-electron chi connectivity index (χ1n) is 4.74. The van der Waals surface area contributed by atoms with Crippen molar-refractivity contribution in [3.63, 3.8) is 0 Å². The second-order valence-electron chi connectivity index (χ2n) is 3.32. The Labute approximate surface area is 79.7 Å². The smallest absolute Gasteiger partial charge is 0.233 e. The molecule has 13 heavy (non-hydrogen) atoms. The van der Waals surface area contributed by atoms with Crippen LogP contribution in [-0.2, 0) is 4.79 Å². The number of carbonyl (C=O) groups is 1. The first-order valence-corrected chi connectivity index (χ1v) is 4.74. The van der Waals surface area contributed by atoms with Gasteiger partial charge in [0.2, 0.25) is 5.91 Å². The van der Waals surface area contributed by atoms with Gasteiger partial charge in [-0.1, -0.05) is 0 Å². The van der Waals surface area contributed by atoms with E-state index in [4.69, 9.17) is 5.11 Å². The van der Waals surface area contributed by atoms with E-state index in [1.54, 1.807) is 6.92 Å². The highest BCUT2D eigenvalue weighted by molar-refractivity contribution is 5.77. The summed E-state index contributed by atoms with van der Waals surface area (Å²) < 4.78 is 0. The van der Waals surface area contributed by atoms with E-state index in [0.29, 0.717) is 19.5 Å². The molecule has 0 fully saturated rings. The molecule has 2 unspecified atom stereocenters. The molecule has 0 aromatic heterocycles. The predicted molar refractivity (Wildman–Crippen MR) is 52.4 cm³/mol. The first-order chi connectivity index (χ1) is 6.06. The maximum atomic E-state index is 11.0. The van der Waals surface area contributed by atoms with Gasteiger partial charge in [0.05, 0.1) is 12.6 Å². The molecule has 0 aromatic carbocycles. The Morgan fingerprint density at radius 3 is 2.54 bits per heavy atom. The second kappa shape index (κ2) is 6.86. The number of nitrogens with one attached hydrogen (secondary N) is 2. The fraction of sp³-hybridized carbons (Fsp3) is 0.889. The van der Waals surface area contributed by atoms with Crippen LogP contribution in [0.3, 0.4) is 0 Å². The molecule has 0 spiro atoms. The van der Waals surface area contributed by atoms with Gasteiger partial charge in [0.15, 0.2) is 0 Å². The van der Waals surface area contributed by atoms with Gasteiger partial charge in [-0.25, -0.2) is 0 Å². The molecular formula is C9H20N2O2. The number of hydrogen-bond acceptors (Lipinski definition) is 3. The number of amides is 1. The lowest BCUT2D eigenvalue weighted by molar-refractivity contribution is -0.120. The van der Waals surface area contributed by atoms with Crippen molar-refractivity contribution in [1.29, 1.82) is 0 Å². The summed E-state index contributed by atoms with van der Waals surface area (Å²) >= 11 is 0. The minimum Gasteiger partial charge on any atom is -0.393 e. The van der Waals surface area contributed by atoms with Gasteiger partial charge < -0.3 is 15.7 Å². The van der Waals surface area contributed by atoms with Crippen molar-refractivity contribution in [3.05, 3.63) is 0 Å². The monoisotopic (exact) mass is 188 g/mol. The summed E-state index contributed by atoms with van der Waals surface area (Å²) in [6, 6.07) is 0.169. The van der Waals surface area contributed by atoms with E-state index in [1.807, 2.05) is 13.8 Å². The Balaban J connectivity index is 3.45. The summed E-state index contributed by atoms with van der Waals surface area (Å²) in [5.41, 5.74) is 0. The fourth-order valence-corrected chi connectivity index (χ4v) is 1.12. The van der Waals surface area contributed by atoms with Crippen LogP contribution in [0.4, 0.5) is 0 Å². The summed E-state index contributed by atoms with van der Waals surface area (Å²) in [4.78, 5) is 11.0. The van der Waals surface area contributed by atoms with Crippen LogP contribution < -0.4 is 10.6 Å². The van der Waals surface area contributed by atoms with Gasteiger partial charge in [-0.2, -0.15) is 0 Å². The number of aliphatic hydroxyl groups is 1. The zero-order valence-corrected chi connectivity index (χ0v) is 8.63. The standard InChI is InChI=1S/C9H20N2O2/c1-4-10-9(13)6-11-7(2)5-8(3)12/h7-8,11-12H,4-6H2,1-3H3,(H,10,13). The predicted octanol–water partition coefficient (Wildman–Crippen LogP) is -0.128. The van der Waals surface area contributed by atoms with Crippen molar-refractivity contribution in [3.8, 4) is 0 Å². The summed E-state index contributed by atoms with van der Waals surface area (Å²) in [6.07, 6.45) is 0.344. The van der Waals surface area contributed by atoms with Gasteiger partial charge in [0.25, 0.3) is 0 Å². The molecule has 0 saturated carbocycles. The lowest BCUT2D eigenvalue weighted by Gasteiger charge is -2.14. The quantitative estimate of drug-likeness (QED) is 0.544. The number of hydrogen-bond donors (Lipinski definition) is 3. The van der Waals surface area contributed by atoms with E-state index in [2.05, 4.69) is 10.6 Å². The number of aliphatic hydroxyl groups excluding tert-OH is 1. The van der Waals surface area contributed by atoms with Gasteiger partial charge in [0.1, 0.15) is 0 Å².